The van der Waals surface area contributed by atoms with E-state index in [0.717, 1.165) is 12.1 Å². The molecule has 3 amide bonds. The van der Waals surface area contributed by atoms with Crippen LogP contribution in [-0.2, 0) is 15.8 Å². The zero-order valence-electron chi connectivity index (χ0n) is 19.3. The molecule has 182 valence electrons. The number of alkyl halides is 3. The van der Waals surface area contributed by atoms with E-state index in [4.69, 9.17) is 0 Å². The number of rotatable bonds is 4. The smallest absolute Gasteiger partial charge is 0.342 e. The largest absolute Gasteiger partial charge is 0.416 e. The predicted octanol–water partition coefficient (Wildman–Crippen LogP) is 5.18. The first kappa shape index (κ1) is 25.3. The molecule has 2 aromatic carbocycles. The molecule has 34 heavy (non-hydrogen) atoms. The van der Waals surface area contributed by atoms with E-state index in [1.807, 2.05) is 20.8 Å². The van der Waals surface area contributed by atoms with E-state index in [-0.39, 0.29) is 29.0 Å². The Morgan fingerprint density at radius 3 is 2.06 bits per heavy atom. The van der Waals surface area contributed by atoms with E-state index in [2.05, 4.69) is 10.6 Å². The maximum atomic E-state index is 12.9. The van der Waals surface area contributed by atoms with Gasteiger partial charge in [0.25, 0.3) is 5.91 Å². The molecule has 3 rings (SSSR count). The lowest BCUT2D eigenvalue weighted by Crippen LogP contribution is -2.45. The molecule has 0 aromatic heterocycles. The van der Waals surface area contributed by atoms with Crippen molar-refractivity contribution < 1.29 is 27.6 Å². The normalized spacial score (nSPS) is 15.1. The summed E-state index contributed by atoms with van der Waals surface area (Å²) in [4.78, 5) is 39.5. The summed E-state index contributed by atoms with van der Waals surface area (Å²) in [6, 6.07) is 10.6. The Balaban J connectivity index is 1.60. The van der Waals surface area contributed by atoms with E-state index >= 15 is 0 Å². The van der Waals surface area contributed by atoms with Gasteiger partial charge in [0, 0.05) is 41.4 Å². The van der Waals surface area contributed by atoms with Crippen LogP contribution in [0.25, 0.3) is 0 Å². The number of hydrogen-bond donors (Lipinski definition) is 2. The average molecular weight is 476 g/mol. The quantitative estimate of drug-likeness (QED) is 0.640. The summed E-state index contributed by atoms with van der Waals surface area (Å²) >= 11 is 0. The van der Waals surface area contributed by atoms with Crippen LogP contribution in [-0.4, -0.2) is 35.7 Å². The van der Waals surface area contributed by atoms with Crippen molar-refractivity contribution in [1.82, 2.24) is 4.90 Å². The first-order valence-electron chi connectivity index (χ1n) is 11.0. The summed E-state index contributed by atoms with van der Waals surface area (Å²) in [6.07, 6.45) is -3.42. The number of hydrogen-bond acceptors (Lipinski definition) is 3. The van der Waals surface area contributed by atoms with Crippen LogP contribution in [0.4, 0.5) is 24.5 Å². The fourth-order valence-electron chi connectivity index (χ4n) is 3.78. The van der Waals surface area contributed by atoms with Gasteiger partial charge in [-0.1, -0.05) is 32.9 Å². The van der Waals surface area contributed by atoms with Gasteiger partial charge in [0.2, 0.25) is 11.8 Å². The minimum atomic E-state index is -4.51. The summed E-state index contributed by atoms with van der Waals surface area (Å²) < 4.78 is 38.7. The molecular weight excluding hydrogens is 447 g/mol. The molecule has 0 spiro atoms. The van der Waals surface area contributed by atoms with Crippen molar-refractivity contribution in [2.75, 3.05) is 23.7 Å². The minimum absolute atomic E-state index is 0.0193. The topological polar surface area (TPSA) is 78.5 Å². The summed E-state index contributed by atoms with van der Waals surface area (Å²) in [5, 5.41) is 5.26. The SMILES string of the molecule is CC(C)(C)C(=O)N1CCC(C(=O)Nc2cccc(C(=O)Nc3cccc(C(F)(F)F)c3)c2)CC1. The third-order valence-electron chi connectivity index (χ3n) is 5.63. The number of carbonyl (C=O) groups excluding carboxylic acids is 3. The van der Waals surface area contributed by atoms with E-state index in [1.165, 1.54) is 24.3 Å². The number of amides is 3. The molecule has 1 fully saturated rings. The van der Waals surface area contributed by atoms with Crippen LogP contribution in [0.1, 0.15) is 49.5 Å². The van der Waals surface area contributed by atoms with Crippen molar-refractivity contribution in [3.05, 3.63) is 59.7 Å². The van der Waals surface area contributed by atoms with Crippen molar-refractivity contribution in [1.29, 1.82) is 0 Å². The van der Waals surface area contributed by atoms with Crippen LogP contribution in [0.5, 0.6) is 0 Å². The van der Waals surface area contributed by atoms with Crippen molar-refractivity contribution in [3.8, 4) is 0 Å². The molecule has 1 heterocycles. The maximum absolute atomic E-state index is 12.9. The number of anilines is 2. The van der Waals surface area contributed by atoms with Gasteiger partial charge in [-0.25, -0.2) is 0 Å². The molecule has 0 bridgehead atoms. The molecule has 2 N–H and O–H groups in total. The van der Waals surface area contributed by atoms with Crippen LogP contribution in [0, 0.1) is 11.3 Å². The lowest BCUT2D eigenvalue weighted by Gasteiger charge is -2.35. The second-order valence-electron chi connectivity index (χ2n) is 9.42. The van der Waals surface area contributed by atoms with Gasteiger partial charge in [-0.2, -0.15) is 13.2 Å². The summed E-state index contributed by atoms with van der Waals surface area (Å²) in [5.41, 5.74) is -0.701. The van der Waals surface area contributed by atoms with Crippen molar-refractivity contribution in [2.24, 2.45) is 11.3 Å². The highest BCUT2D eigenvalue weighted by Crippen LogP contribution is 2.31. The standard InChI is InChI=1S/C25H28F3N3O3/c1-24(2,3)23(34)31-12-10-16(11-13-31)21(32)29-19-8-4-6-17(14-19)22(33)30-20-9-5-7-18(15-20)25(26,27)28/h4-9,14-16H,10-13H2,1-3H3,(H,29,32)(H,30,33). The Kier molecular flexibility index (Phi) is 7.33. The second kappa shape index (κ2) is 9.87. The summed E-state index contributed by atoms with van der Waals surface area (Å²) in [5.74, 6) is -0.986. The molecule has 6 nitrogen and oxygen atoms in total. The predicted molar refractivity (Wildman–Crippen MR) is 123 cm³/mol. The lowest BCUT2D eigenvalue weighted by atomic mass is 9.90. The Bertz CT molecular complexity index is 1070. The molecule has 9 heteroatoms. The number of carbonyl (C=O) groups is 3. The van der Waals surface area contributed by atoms with Gasteiger partial charge >= 0.3 is 6.18 Å². The van der Waals surface area contributed by atoms with E-state index in [9.17, 15) is 27.6 Å². The van der Waals surface area contributed by atoms with Crippen molar-refractivity contribution >= 4 is 29.1 Å². The lowest BCUT2D eigenvalue weighted by molar-refractivity contribution is -0.142. The third kappa shape index (κ3) is 6.36. The fourth-order valence-corrected chi connectivity index (χ4v) is 3.78. The minimum Gasteiger partial charge on any atom is -0.342 e. The molecule has 0 saturated carbocycles. The van der Waals surface area contributed by atoms with Gasteiger partial charge in [0.05, 0.1) is 5.56 Å². The highest BCUT2D eigenvalue weighted by Gasteiger charge is 2.33. The zero-order valence-corrected chi connectivity index (χ0v) is 19.3. The number of piperidine rings is 1. The molecule has 1 aliphatic heterocycles. The molecule has 0 atom stereocenters. The van der Waals surface area contributed by atoms with E-state index in [1.54, 1.807) is 17.0 Å². The van der Waals surface area contributed by atoms with E-state index < -0.39 is 23.1 Å². The monoisotopic (exact) mass is 475 g/mol. The average Bonchev–Trinajstić information content (AvgIpc) is 2.78. The summed E-state index contributed by atoms with van der Waals surface area (Å²) in [6.45, 7) is 6.61. The Hall–Kier alpha value is -3.36. The second-order valence-corrected chi connectivity index (χ2v) is 9.42. The first-order valence-corrected chi connectivity index (χ1v) is 11.0. The zero-order chi connectivity index (χ0) is 25.1. The van der Waals surface area contributed by atoms with Crippen LogP contribution >= 0.6 is 0 Å². The fraction of sp³-hybridized carbons (Fsp3) is 0.400. The molecule has 1 aliphatic rings. The van der Waals surface area contributed by atoms with Gasteiger partial charge in [0.15, 0.2) is 0 Å². The van der Waals surface area contributed by atoms with E-state index in [0.29, 0.717) is 31.6 Å². The van der Waals surface area contributed by atoms with Crippen LogP contribution < -0.4 is 10.6 Å². The van der Waals surface area contributed by atoms with Gasteiger partial charge in [-0.15, -0.1) is 0 Å². The summed E-state index contributed by atoms with van der Waals surface area (Å²) in [7, 11) is 0. The third-order valence-corrected chi connectivity index (χ3v) is 5.63. The first-order chi connectivity index (χ1) is 15.8. The number of benzene rings is 2. The van der Waals surface area contributed by atoms with Crippen molar-refractivity contribution in [3.63, 3.8) is 0 Å². The molecule has 0 radical (unpaired) electrons. The van der Waals surface area contributed by atoms with Crippen LogP contribution in [0.2, 0.25) is 0 Å². The van der Waals surface area contributed by atoms with Crippen LogP contribution in [0.15, 0.2) is 48.5 Å². The molecule has 0 unspecified atom stereocenters. The molecule has 0 aliphatic carbocycles. The van der Waals surface area contributed by atoms with Gasteiger partial charge in [-0.3, -0.25) is 14.4 Å². The Morgan fingerprint density at radius 2 is 1.47 bits per heavy atom. The van der Waals surface area contributed by atoms with Gasteiger partial charge < -0.3 is 15.5 Å². The highest BCUT2D eigenvalue weighted by molar-refractivity contribution is 6.05. The maximum Gasteiger partial charge on any atom is 0.416 e. The van der Waals surface area contributed by atoms with Gasteiger partial charge in [-0.05, 0) is 49.2 Å². The Morgan fingerprint density at radius 1 is 0.882 bits per heavy atom. The molecular formula is C25H28F3N3O3. The number of likely N-dealkylation sites (tertiary alicyclic amines) is 1. The molecule has 2 aromatic rings. The highest BCUT2D eigenvalue weighted by atomic mass is 19.4. The number of halogens is 3. The van der Waals surface area contributed by atoms with Crippen molar-refractivity contribution in [2.45, 2.75) is 39.8 Å². The van der Waals surface area contributed by atoms with Crippen LogP contribution in [0.3, 0.4) is 0 Å². The van der Waals surface area contributed by atoms with Gasteiger partial charge in [0.1, 0.15) is 0 Å². The molecule has 1 saturated heterocycles. The number of nitrogens with zero attached hydrogens (tertiary/aromatic N) is 1. The Labute approximate surface area is 196 Å². The number of nitrogens with one attached hydrogen (secondary N) is 2.